The van der Waals surface area contributed by atoms with Crippen LogP contribution in [-0.4, -0.2) is 35.8 Å². The summed E-state index contributed by atoms with van der Waals surface area (Å²) in [5, 5.41) is 10.8. The van der Waals surface area contributed by atoms with Gasteiger partial charge in [0.15, 0.2) is 12.1 Å². The minimum Gasteiger partial charge on any atom is -0.481 e. The smallest absolute Gasteiger partial charge is 0.328 e. The molecule has 0 saturated heterocycles. The fraction of sp³-hybridized carbons (Fsp3) is 0.500. The van der Waals surface area contributed by atoms with Crippen molar-refractivity contribution in [1.29, 1.82) is 0 Å². The van der Waals surface area contributed by atoms with Crippen LogP contribution in [0.1, 0.15) is 37.8 Å². The molecule has 0 heterocycles. The van der Waals surface area contributed by atoms with Gasteiger partial charge in [-0.1, -0.05) is 26.0 Å². The second kappa shape index (κ2) is 7.77. The van der Waals surface area contributed by atoms with Crippen LogP contribution >= 0.6 is 0 Å². The Balaban J connectivity index is 2.79. The number of benzene rings is 1. The Morgan fingerprint density at radius 3 is 2.45 bits per heavy atom. The van der Waals surface area contributed by atoms with Gasteiger partial charge in [0.05, 0.1) is 0 Å². The lowest BCUT2D eigenvalue weighted by Crippen LogP contribution is -2.47. The molecule has 0 aliphatic heterocycles. The number of carboxylic acid groups (broad SMARTS) is 1. The third kappa shape index (κ3) is 4.72. The fourth-order valence-corrected chi connectivity index (χ4v) is 1.80. The monoisotopic (exact) mass is 311 g/mol. The number of rotatable bonds is 7. The van der Waals surface area contributed by atoms with Crippen LogP contribution in [0.15, 0.2) is 18.2 Å². The maximum Gasteiger partial charge on any atom is 0.328 e. The van der Waals surface area contributed by atoms with Crippen LogP contribution in [0.4, 0.5) is 4.39 Å². The SMILES string of the molecule is Cc1ccc(C(C)C)cc1OC(C)C(=O)NC(CF)C(=O)O. The molecule has 0 fully saturated rings. The van der Waals surface area contributed by atoms with Crippen LogP contribution in [0.25, 0.3) is 0 Å². The number of nitrogens with one attached hydrogen (secondary N) is 1. The molecule has 22 heavy (non-hydrogen) atoms. The van der Waals surface area contributed by atoms with Crippen LogP contribution in [0, 0.1) is 6.92 Å². The molecule has 1 aromatic carbocycles. The van der Waals surface area contributed by atoms with Gasteiger partial charge < -0.3 is 15.2 Å². The van der Waals surface area contributed by atoms with Gasteiger partial charge in [-0.25, -0.2) is 9.18 Å². The van der Waals surface area contributed by atoms with Gasteiger partial charge >= 0.3 is 5.97 Å². The third-order valence-electron chi connectivity index (χ3n) is 3.32. The number of ether oxygens (including phenoxy) is 1. The highest BCUT2D eigenvalue weighted by molar-refractivity contribution is 5.86. The van der Waals surface area contributed by atoms with Gasteiger partial charge in [0.1, 0.15) is 12.4 Å². The quantitative estimate of drug-likeness (QED) is 0.811. The molecule has 0 aliphatic carbocycles. The number of halogens is 1. The van der Waals surface area contributed by atoms with E-state index in [0.29, 0.717) is 11.7 Å². The zero-order valence-electron chi connectivity index (χ0n) is 13.2. The van der Waals surface area contributed by atoms with E-state index < -0.39 is 30.7 Å². The number of aliphatic carboxylic acids is 1. The second-order valence-corrected chi connectivity index (χ2v) is 5.49. The molecule has 5 nitrogen and oxygen atoms in total. The third-order valence-corrected chi connectivity index (χ3v) is 3.32. The average molecular weight is 311 g/mol. The highest BCUT2D eigenvalue weighted by Gasteiger charge is 2.24. The number of hydrogen-bond acceptors (Lipinski definition) is 3. The van der Waals surface area contributed by atoms with Gasteiger partial charge in [-0.05, 0) is 37.0 Å². The summed E-state index contributed by atoms with van der Waals surface area (Å²) in [6.07, 6.45) is -0.922. The summed E-state index contributed by atoms with van der Waals surface area (Å²) < 4.78 is 18.1. The predicted molar refractivity (Wildman–Crippen MR) is 80.9 cm³/mol. The van der Waals surface area contributed by atoms with Crippen LogP contribution in [0.3, 0.4) is 0 Å². The lowest BCUT2D eigenvalue weighted by Gasteiger charge is -2.19. The maximum absolute atomic E-state index is 12.5. The number of carbonyl (C=O) groups is 2. The lowest BCUT2D eigenvalue weighted by atomic mass is 10.0. The van der Waals surface area contributed by atoms with Gasteiger partial charge in [-0.15, -0.1) is 0 Å². The first-order valence-electron chi connectivity index (χ1n) is 7.12. The van der Waals surface area contributed by atoms with Crippen molar-refractivity contribution >= 4 is 11.9 Å². The van der Waals surface area contributed by atoms with E-state index in [-0.39, 0.29) is 0 Å². The molecular formula is C16H22FNO4. The van der Waals surface area contributed by atoms with Crippen molar-refractivity contribution in [2.24, 2.45) is 0 Å². The van der Waals surface area contributed by atoms with Gasteiger partial charge in [0, 0.05) is 0 Å². The Morgan fingerprint density at radius 2 is 1.95 bits per heavy atom. The Morgan fingerprint density at radius 1 is 1.32 bits per heavy atom. The van der Waals surface area contributed by atoms with Crippen molar-refractivity contribution in [3.8, 4) is 5.75 Å². The number of aryl methyl sites for hydroxylation is 1. The van der Waals surface area contributed by atoms with E-state index in [0.717, 1.165) is 11.1 Å². The number of carboxylic acids is 1. The standard InChI is InChI=1S/C16H22FNO4/c1-9(2)12-6-5-10(3)14(7-12)22-11(4)15(19)18-13(8-17)16(20)21/h5-7,9,11,13H,8H2,1-4H3,(H,18,19)(H,20,21). The molecule has 2 N–H and O–H groups in total. The predicted octanol–water partition coefficient (Wildman–Crippen LogP) is 2.42. The first-order valence-corrected chi connectivity index (χ1v) is 7.12. The van der Waals surface area contributed by atoms with Crippen LogP contribution < -0.4 is 10.1 Å². The number of hydrogen-bond donors (Lipinski definition) is 2. The summed E-state index contributed by atoms with van der Waals surface area (Å²) in [6.45, 7) is 6.27. The van der Waals surface area contributed by atoms with E-state index >= 15 is 0 Å². The number of alkyl halides is 1. The topological polar surface area (TPSA) is 75.6 Å². The normalized spacial score (nSPS) is 13.5. The Hall–Kier alpha value is -2.11. The first kappa shape index (κ1) is 17.9. The van der Waals surface area contributed by atoms with E-state index in [1.54, 1.807) is 0 Å². The molecule has 0 saturated carbocycles. The Bertz CT molecular complexity index is 545. The summed E-state index contributed by atoms with van der Waals surface area (Å²) in [5.74, 6) is -1.21. The molecule has 0 bridgehead atoms. The molecule has 0 radical (unpaired) electrons. The lowest BCUT2D eigenvalue weighted by molar-refractivity contribution is -0.143. The molecule has 122 valence electrons. The van der Waals surface area contributed by atoms with Gasteiger partial charge in [-0.3, -0.25) is 4.79 Å². The second-order valence-electron chi connectivity index (χ2n) is 5.49. The molecule has 1 amide bonds. The summed E-state index contributed by atoms with van der Waals surface area (Å²) in [5.41, 5.74) is 1.93. The van der Waals surface area contributed by atoms with E-state index in [4.69, 9.17) is 9.84 Å². The van der Waals surface area contributed by atoms with Crippen molar-refractivity contribution in [2.45, 2.75) is 45.8 Å². The van der Waals surface area contributed by atoms with E-state index in [9.17, 15) is 14.0 Å². The molecule has 0 aromatic heterocycles. The van der Waals surface area contributed by atoms with Crippen molar-refractivity contribution in [2.75, 3.05) is 6.67 Å². The van der Waals surface area contributed by atoms with Crippen LogP contribution in [-0.2, 0) is 9.59 Å². The van der Waals surface area contributed by atoms with Gasteiger partial charge in [-0.2, -0.15) is 0 Å². The molecule has 1 rings (SSSR count). The fourth-order valence-electron chi connectivity index (χ4n) is 1.80. The van der Waals surface area contributed by atoms with Crippen LogP contribution in [0.5, 0.6) is 5.75 Å². The first-order chi connectivity index (χ1) is 10.3. The maximum atomic E-state index is 12.5. The van der Waals surface area contributed by atoms with Crippen molar-refractivity contribution in [3.05, 3.63) is 29.3 Å². The molecule has 0 aliphatic rings. The summed E-state index contributed by atoms with van der Waals surface area (Å²) in [7, 11) is 0. The number of carbonyl (C=O) groups excluding carboxylic acids is 1. The summed E-state index contributed by atoms with van der Waals surface area (Å²) in [4.78, 5) is 22.6. The Kier molecular flexibility index (Phi) is 6.34. The number of amides is 1. The minimum atomic E-state index is -1.55. The van der Waals surface area contributed by atoms with E-state index in [1.807, 2.05) is 39.0 Å². The summed E-state index contributed by atoms with van der Waals surface area (Å²) in [6, 6.07) is 4.19. The molecule has 1 aromatic rings. The van der Waals surface area contributed by atoms with Gasteiger partial charge in [0.25, 0.3) is 5.91 Å². The highest BCUT2D eigenvalue weighted by Crippen LogP contribution is 2.25. The molecule has 0 spiro atoms. The average Bonchev–Trinajstić information content (AvgIpc) is 2.45. The highest BCUT2D eigenvalue weighted by atomic mass is 19.1. The van der Waals surface area contributed by atoms with Gasteiger partial charge in [0.2, 0.25) is 0 Å². The Labute approximate surface area is 129 Å². The molecular weight excluding hydrogens is 289 g/mol. The minimum absolute atomic E-state index is 0.315. The van der Waals surface area contributed by atoms with Crippen molar-refractivity contribution in [1.82, 2.24) is 5.32 Å². The van der Waals surface area contributed by atoms with Crippen molar-refractivity contribution in [3.63, 3.8) is 0 Å². The zero-order valence-corrected chi connectivity index (χ0v) is 13.2. The molecule has 2 unspecified atom stereocenters. The summed E-state index contributed by atoms with van der Waals surface area (Å²) >= 11 is 0. The van der Waals surface area contributed by atoms with E-state index in [2.05, 4.69) is 5.32 Å². The van der Waals surface area contributed by atoms with E-state index in [1.165, 1.54) is 6.92 Å². The van der Waals surface area contributed by atoms with Crippen molar-refractivity contribution < 1.29 is 23.8 Å². The molecule has 6 heteroatoms. The molecule has 2 atom stereocenters. The van der Waals surface area contributed by atoms with Crippen LogP contribution in [0.2, 0.25) is 0 Å². The zero-order chi connectivity index (χ0) is 16.9. The largest absolute Gasteiger partial charge is 0.481 e.